The first-order valence-corrected chi connectivity index (χ1v) is 7.86. The van der Waals surface area contributed by atoms with Crippen molar-refractivity contribution in [2.45, 2.75) is 13.8 Å². The van der Waals surface area contributed by atoms with Crippen molar-refractivity contribution in [3.05, 3.63) is 42.7 Å². The molecule has 0 saturated heterocycles. The first-order chi connectivity index (χ1) is 11.5. The van der Waals surface area contributed by atoms with Crippen molar-refractivity contribution in [3.63, 3.8) is 0 Å². The quantitative estimate of drug-likeness (QED) is 0.712. The van der Waals surface area contributed by atoms with Gasteiger partial charge >= 0.3 is 0 Å². The van der Waals surface area contributed by atoms with E-state index in [2.05, 4.69) is 20.6 Å². The summed E-state index contributed by atoms with van der Waals surface area (Å²) in [5.41, 5.74) is 2.89. The average molecular weight is 340 g/mol. The highest BCUT2D eigenvalue weighted by Crippen LogP contribution is 2.25. The van der Waals surface area contributed by atoms with Crippen molar-refractivity contribution in [2.75, 3.05) is 5.32 Å². The van der Waals surface area contributed by atoms with Crippen LogP contribution in [0.15, 0.2) is 47.1 Å². The molecule has 122 valence electrons. The predicted octanol–water partition coefficient (Wildman–Crippen LogP) is 3.36. The maximum absolute atomic E-state index is 11.6. The van der Waals surface area contributed by atoms with Crippen molar-refractivity contribution in [1.29, 1.82) is 0 Å². The van der Waals surface area contributed by atoms with E-state index in [4.69, 9.17) is 16.6 Å². The van der Waals surface area contributed by atoms with Crippen LogP contribution in [0, 0.1) is 5.92 Å². The molecule has 3 rings (SSSR count). The molecule has 2 aromatic heterocycles. The highest BCUT2D eigenvalue weighted by molar-refractivity contribution is 7.80. The normalized spacial score (nSPS) is 10.8. The lowest BCUT2D eigenvalue weighted by Gasteiger charge is -2.10. The molecule has 24 heavy (non-hydrogen) atoms. The number of benzene rings is 1. The fraction of sp³-hybridized carbons (Fsp3) is 0.176. The monoisotopic (exact) mass is 340 g/mol. The summed E-state index contributed by atoms with van der Waals surface area (Å²) in [6.45, 7) is 3.61. The van der Waals surface area contributed by atoms with E-state index in [1.807, 2.05) is 24.3 Å². The van der Waals surface area contributed by atoms with E-state index >= 15 is 0 Å². The first-order valence-electron chi connectivity index (χ1n) is 7.46. The molecule has 0 saturated carbocycles. The summed E-state index contributed by atoms with van der Waals surface area (Å²) < 4.78 is 5.73. The Balaban J connectivity index is 1.79. The molecule has 7 heteroatoms. The summed E-state index contributed by atoms with van der Waals surface area (Å²) in [6, 6.07) is 9.14. The smallest absolute Gasteiger partial charge is 0.228 e. The minimum Gasteiger partial charge on any atom is -0.436 e. The van der Waals surface area contributed by atoms with E-state index in [0.29, 0.717) is 17.0 Å². The maximum atomic E-state index is 11.6. The van der Waals surface area contributed by atoms with Gasteiger partial charge in [0.05, 0.1) is 5.56 Å². The average Bonchev–Trinajstić information content (AvgIpc) is 2.98. The second-order valence-corrected chi connectivity index (χ2v) is 5.95. The van der Waals surface area contributed by atoms with Crippen molar-refractivity contribution in [1.82, 2.24) is 15.3 Å². The van der Waals surface area contributed by atoms with Crippen LogP contribution in [-0.4, -0.2) is 21.0 Å². The summed E-state index contributed by atoms with van der Waals surface area (Å²) in [6.07, 6.45) is 3.39. The van der Waals surface area contributed by atoms with Gasteiger partial charge in [0.25, 0.3) is 0 Å². The van der Waals surface area contributed by atoms with Crippen molar-refractivity contribution in [3.8, 4) is 11.5 Å². The van der Waals surface area contributed by atoms with E-state index in [9.17, 15) is 4.79 Å². The largest absolute Gasteiger partial charge is 0.436 e. The number of thiocarbonyl (C=S) groups is 1. The fourth-order valence-corrected chi connectivity index (χ4v) is 2.25. The van der Waals surface area contributed by atoms with Gasteiger partial charge in [-0.15, -0.1) is 0 Å². The molecular formula is C17H16N4O2S. The molecule has 0 unspecified atom stereocenters. The number of fused-ring (bicyclic) bond motifs is 1. The molecule has 6 nitrogen and oxygen atoms in total. The Labute approximate surface area is 144 Å². The minimum absolute atomic E-state index is 0.131. The molecule has 0 aliphatic carbocycles. The number of amides is 1. The molecule has 0 radical (unpaired) electrons. The number of oxazole rings is 1. The lowest BCUT2D eigenvalue weighted by atomic mass is 10.2. The Morgan fingerprint density at radius 2 is 2.12 bits per heavy atom. The van der Waals surface area contributed by atoms with E-state index in [-0.39, 0.29) is 16.9 Å². The molecule has 0 aliphatic heterocycles. The Bertz CT molecular complexity index is 890. The molecule has 2 heterocycles. The lowest BCUT2D eigenvalue weighted by molar-refractivity contribution is -0.122. The summed E-state index contributed by atoms with van der Waals surface area (Å²) in [7, 11) is 0. The van der Waals surface area contributed by atoms with Crippen LogP contribution >= 0.6 is 12.2 Å². The van der Waals surface area contributed by atoms with E-state index in [1.165, 1.54) is 0 Å². The van der Waals surface area contributed by atoms with Gasteiger partial charge in [0.15, 0.2) is 10.7 Å². The Morgan fingerprint density at radius 3 is 2.83 bits per heavy atom. The molecule has 0 aliphatic rings. The van der Waals surface area contributed by atoms with Crippen LogP contribution in [0.4, 0.5) is 5.69 Å². The van der Waals surface area contributed by atoms with Crippen molar-refractivity contribution < 1.29 is 9.21 Å². The highest BCUT2D eigenvalue weighted by Gasteiger charge is 2.11. The lowest BCUT2D eigenvalue weighted by Crippen LogP contribution is -2.36. The summed E-state index contributed by atoms with van der Waals surface area (Å²) in [4.78, 5) is 20.2. The number of carbonyl (C=O) groups excluding carboxylic acids is 1. The van der Waals surface area contributed by atoms with Gasteiger partial charge in [-0.05, 0) is 42.5 Å². The third kappa shape index (κ3) is 3.57. The van der Waals surface area contributed by atoms with Gasteiger partial charge in [-0.1, -0.05) is 13.8 Å². The zero-order valence-corrected chi connectivity index (χ0v) is 14.1. The second-order valence-electron chi connectivity index (χ2n) is 5.54. The van der Waals surface area contributed by atoms with Crippen molar-refractivity contribution in [2.24, 2.45) is 5.92 Å². The number of anilines is 1. The van der Waals surface area contributed by atoms with Crippen LogP contribution in [-0.2, 0) is 4.79 Å². The maximum Gasteiger partial charge on any atom is 0.228 e. The zero-order valence-electron chi connectivity index (χ0n) is 13.2. The van der Waals surface area contributed by atoms with Crippen LogP contribution in [0.3, 0.4) is 0 Å². The number of hydrogen-bond donors (Lipinski definition) is 2. The Kier molecular flexibility index (Phi) is 4.52. The van der Waals surface area contributed by atoms with Gasteiger partial charge in [0.1, 0.15) is 5.52 Å². The molecule has 0 fully saturated rings. The number of nitrogens with one attached hydrogen (secondary N) is 2. The Morgan fingerprint density at radius 1 is 1.29 bits per heavy atom. The number of carbonyl (C=O) groups is 1. The fourth-order valence-electron chi connectivity index (χ4n) is 2.04. The molecule has 0 atom stereocenters. The minimum atomic E-state index is -0.134. The number of nitrogens with zero attached hydrogens (tertiary/aromatic N) is 2. The van der Waals surface area contributed by atoms with Gasteiger partial charge in [-0.25, -0.2) is 4.98 Å². The van der Waals surface area contributed by atoms with Gasteiger partial charge in [0, 0.05) is 24.0 Å². The van der Waals surface area contributed by atoms with Crippen molar-refractivity contribution >= 4 is 40.0 Å². The molecular weight excluding hydrogens is 324 g/mol. The molecule has 0 bridgehead atoms. The van der Waals surface area contributed by atoms with E-state index in [0.717, 1.165) is 11.3 Å². The standard InChI is InChI=1S/C17H16N4O2S/c1-10(2)15(22)21-17(24)19-12-5-6-14-13(8-12)20-16(23-14)11-4-3-7-18-9-11/h3-10H,1-2H3,(H2,19,21,22,24). The SMILES string of the molecule is CC(C)C(=O)NC(=S)Nc1ccc2oc(-c3cccnc3)nc2c1. The highest BCUT2D eigenvalue weighted by atomic mass is 32.1. The molecule has 1 amide bonds. The number of pyridine rings is 1. The second kappa shape index (κ2) is 6.76. The molecule has 1 aromatic carbocycles. The van der Waals surface area contributed by atoms with Crippen LogP contribution in [0.5, 0.6) is 0 Å². The topological polar surface area (TPSA) is 80.0 Å². The van der Waals surface area contributed by atoms with Crippen LogP contribution in [0.25, 0.3) is 22.6 Å². The third-order valence-electron chi connectivity index (χ3n) is 3.32. The van der Waals surface area contributed by atoms with E-state index in [1.54, 1.807) is 32.3 Å². The van der Waals surface area contributed by atoms with Gasteiger partial charge in [0.2, 0.25) is 11.8 Å². The summed E-state index contributed by atoms with van der Waals surface area (Å²) in [5.74, 6) is 0.240. The molecule has 2 N–H and O–H groups in total. The Hall–Kier alpha value is -2.80. The zero-order chi connectivity index (χ0) is 17.1. The predicted molar refractivity (Wildman–Crippen MR) is 96.4 cm³/mol. The summed E-state index contributed by atoms with van der Waals surface area (Å²) in [5, 5.41) is 5.86. The number of hydrogen-bond acceptors (Lipinski definition) is 5. The third-order valence-corrected chi connectivity index (χ3v) is 3.52. The van der Waals surface area contributed by atoms with Gasteiger partial charge in [-0.2, -0.15) is 0 Å². The molecule has 0 spiro atoms. The van der Waals surface area contributed by atoms with Gasteiger partial charge in [-0.3, -0.25) is 9.78 Å². The number of aromatic nitrogens is 2. The van der Waals surface area contributed by atoms with Gasteiger partial charge < -0.3 is 15.1 Å². The molecule has 3 aromatic rings. The van der Waals surface area contributed by atoms with Crippen LogP contribution < -0.4 is 10.6 Å². The summed E-state index contributed by atoms with van der Waals surface area (Å²) >= 11 is 5.14. The first kappa shape index (κ1) is 16.1. The van der Waals surface area contributed by atoms with Crippen LogP contribution in [0.1, 0.15) is 13.8 Å². The van der Waals surface area contributed by atoms with E-state index < -0.39 is 0 Å². The number of rotatable bonds is 3. The van der Waals surface area contributed by atoms with Crippen LogP contribution in [0.2, 0.25) is 0 Å².